The van der Waals surface area contributed by atoms with Gasteiger partial charge in [0.05, 0.1) is 17.1 Å². The molecule has 0 aliphatic carbocycles. The maximum atomic E-state index is 13.6. The van der Waals surface area contributed by atoms with Crippen LogP contribution in [0.5, 0.6) is 5.75 Å². The highest BCUT2D eigenvalue weighted by Crippen LogP contribution is 2.38. The topological polar surface area (TPSA) is 75.7 Å². The van der Waals surface area contributed by atoms with E-state index in [1.165, 1.54) is 4.31 Å². The van der Waals surface area contributed by atoms with Gasteiger partial charge >= 0.3 is 0 Å². The first-order chi connectivity index (χ1) is 16.0. The summed E-state index contributed by atoms with van der Waals surface area (Å²) in [5.74, 6) is 0.0279. The smallest absolute Gasteiger partial charge is 0.264 e. The van der Waals surface area contributed by atoms with Crippen molar-refractivity contribution in [2.75, 3.05) is 10.8 Å². The first kappa shape index (κ1) is 23.8. The molecular formula is C27H30N2O4S. The lowest BCUT2D eigenvalue weighted by Gasteiger charge is -2.36. The maximum Gasteiger partial charge on any atom is 0.264 e. The lowest BCUT2D eigenvalue weighted by atomic mass is 9.94. The molecule has 0 radical (unpaired) electrons. The Bertz CT molecular complexity index is 1290. The van der Waals surface area contributed by atoms with Crippen LogP contribution in [-0.2, 0) is 21.2 Å². The average Bonchev–Trinajstić information content (AvgIpc) is 2.78. The summed E-state index contributed by atoms with van der Waals surface area (Å²) in [6, 6.07) is 21.9. The third-order valence-electron chi connectivity index (χ3n) is 5.84. The molecule has 0 bridgehead atoms. The number of carbonyl (C=O) groups excluding carboxylic acids is 1. The summed E-state index contributed by atoms with van der Waals surface area (Å²) in [5.41, 5.74) is 2.86. The normalized spacial score (nSPS) is 15.9. The molecule has 178 valence electrons. The third kappa shape index (κ3) is 5.09. The fourth-order valence-electron chi connectivity index (χ4n) is 4.13. The molecule has 0 aromatic heterocycles. The zero-order chi connectivity index (χ0) is 24.5. The van der Waals surface area contributed by atoms with Gasteiger partial charge in [0.15, 0.2) is 6.10 Å². The number of nitrogens with one attached hydrogen (secondary N) is 1. The molecule has 1 heterocycles. The number of amides is 1. The van der Waals surface area contributed by atoms with Crippen molar-refractivity contribution in [3.63, 3.8) is 0 Å². The molecule has 1 aliphatic heterocycles. The van der Waals surface area contributed by atoms with Crippen LogP contribution in [0.15, 0.2) is 77.7 Å². The van der Waals surface area contributed by atoms with Crippen molar-refractivity contribution in [2.24, 2.45) is 0 Å². The minimum absolute atomic E-state index is 0.112. The molecule has 6 nitrogen and oxygen atoms in total. The summed E-state index contributed by atoms with van der Waals surface area (Å²) in [7, 11) is -3.89. The van der Waals surface area contributed by atoms with Crippen LogP contribution in [0.25, 0.3) is 0 Å². The number of ether oxygens (including phenoxy) is 1. The molecule has 7 heteroatoms. The molecule has 3 aromatic carbocycles. The Morgan fingerprint density at radius 1 is 1.00 bits per heavy atom. The summed E-state index contributed by atoms with van der Waals surface area (Å²) >= 11 is 0. The van der Waals surface area contributed by atoms with E-state index in [0.717, 1.165) is 16.7 Å². The Balaban J connectivity index is 1.62. The quantitative estimate of drug-likeness (QED) is 0.570. The number of nitrogens with zero attached hydrogens (tertiary/aromatic N) is 1. The van der Waals surface area contributed by atoms with E-state index < -0.39 is 21.7 Å². The van der Waals surface area contributed by atoms with Crippen molar-refractivity contribution >= 4 is 21.6 Å². The van der Waals surface area contributed by atoms with Crippen molar-refractivity contribution < 1.29 is 17.9 Å². The lowest BCUT2D eigenvalue weighted by Crippen LogP contribution is -2.55. The minimum Gasteiger partial charge on any atom is -0.476 e. The van der Waals surface area contributed by atoms with Crippen LogP contribution in [0.4, 0.5) is 5.69 Å². The molecule has 0 saturated heterocycles. The van der Waals surface area contributed by atoms with Crippen LogP contribution in [0, 0.1) is 13.8 Å². The van der Waals surface area contributed by atoms with Crippen LogP contribution in [0.2, 0.25) is 0 Å². The Morgan fingerprint density at radius 2 is 1.65 bits per heavy atom. The monoisotopic (exact) mass is 478 g/mol. The van der Waals surface area contributed by atoms with Gasteiger partial charge in [-0.05, 0) is 69.5 Å². The van der Waals surface area contributed by atoms with Crippen molar-refractivity contribution in [2.45, 2.75) is 50.7 Å². The standard InChI is InChI=1S/C27H30N2O4S/c1-19-10-13-22(14-11-19)34(31,32)29-18-25(33-24-16-20(2)12-15-23(24)29)26(30)28-27(3,4)17-21-8-6-5-7-9-21/h5-16,25H,17-18H2,1-4H3,(H,28,30)/t25-/m1/s1. The van der Waals surface area contributed by atoms with E-state index >= 15 is 0 Å². The van der Waals surface area contributed by atoms with Crippen molar-refractivity contribution in [1.82, 2.24) is 5.32 Å². The summed E-state index contributed by atoms with van der Waals surface area (Å²) in [6.45, 7) is 7.58. The molecule has 0 unspecified atom stereocenters. The van der Waals surface area contributed by atoms with Gasteiger partial charge in [-0.1, -0.05) is 54.1 Å². The summed E-state index contributed by atoms with van der Waals surface area (Å²) < 4.78 is 34.5. The highest BCUT2D eigenvalue weighted by atomic mass is 32.2. The first-order valence-corrected chi connectivity index (χ1v) is 12.7. The number of hydrogen-bond donors (Lipinski definition) is 1. The fourth-order valence-corrected chi connectivity index (χ4v) is 5.60. The van der Waals surface area contributed by atoms with Gasteiger partial charge in [-0.25, -0.2) is 8.42 Å². The van der Waals surface area contributed by atoms with Gasteiger partial charge < -0.3 is 10.1 Å². The summed E-state index contributed by atoms with van der Waals surface area (Å²) in [6.07, 6.45) is -0.350. The lowest BCUT2D eigenvalue weighted by molar-refractivity contribution is -0.129. The maximum absolute atomic E-state index is 13.6. The molecule has 4 rings (SSSR count). The molecular weight excluding hydrogens is 448 g/mol. The van der Waals surface area contributed by atoms with Crippen molar-refractivity contribution in [3.05, 3.63) is 89.5 Å². The SMILES string of the molecule is Cc1ccc(S(=O)(=O)N2C[C@H](C(=O)NC(C)(C)Cc3ccccc3)Oc3cc(C)ccc32)cc1. The Kier molecular flexibility index (Phi) is 6.41. The van der Waals surface area contributed by atoms with E-state index in [1.54, 1.807) is 36.4 Å². The van der Waals surface area contributed by atoms with Crippen LogP contribution >= 0.6 is 0 Å². The molecule has 34 heavy (non-hydrogen) atoms. The Hall–Kier alpha value is -3.32. The van der Waals surface area contributed by atoms with E-state index in [4.69, 9.17) is 4.74 Å². The second-order valence-electron chi connectivity index (χ2n) is 9.46. The molecule has 0 fully saturated rings. The number of anilines is 1. The van der Waals surface area contributed by atoms with Gasteiger partial charge in [0.2, 0.25) is 0 Å². The van der Waals surface area contributed by atoms with E-state index in [2.05, 4.69) is 5.32 Å². The molecule has 1 aliphatic rings. The predicted molar refractivity (Wildman–Crippen MR) is 134 cm³/mol. The van der Waals surface area contributed by atoms with Crippen LogP contribution in [-0.4, -0.2) is 32.5 Å². The number of rotatable bonds is 6. The second kappa shape index (κ2) is 9.14. The van der Waals surface area contributed by atoms with E-state index in [9.17, 15) is 13.2 Å². The largest absolute Gasteiger partial charge is 0.476 e. The number of sulfonamides is 1. The van der Waals surface area contributed by atoms with E-state index in [-0.39, 0.29) is 17.3 Å². The molecule has 3 aromatic rings. The van der Waals surface area contributed by atoms with Gasteiger partial charge in [0, 0.05) is 5.54 Å². The minimum atomic E-state index is -3.89. The van der Waals surface area contributed by atoms with E-state index in [1.807, 2.05) is 64.1 Å². The third-order valence-corrected chi connectivity index (χ3v) is 7.63. The average molecular weight is 479 g/mol. The summed E-state index contributed by atoms with van der Waals surface area (Å²) in [4.78, 5) is 13.5. The number of aryl methyl sites for hydroxylation is 2. The first-order valence-electron chi connectivity index (χ1n) is 11.3. The number of fused-ring (bicyclic) bond motifs is 1. The number of carbonyl (C=O) groups is 1. The second-order valence-corrected chi connectivity index (χ2v) is 11.3. The van der Waals surface area contributed by atoms with E-state index in [0.29, 0.717) is 17.9 Å². The highest BCUT2D eigenvalue weighted by molar-refractivity contribution is 7.92. The van der Waals surface area contributed by atoms with Gasteiger partial charge in [-0.15, -0.1) is 0 Å². The molecule has 1 atom stereocenters. The van der Waals surface area contributed by atoms with Gasteiger partial charge in [-0.3, -0.25) is 9.10 Å². The summed E-state index contributed by atoms with van der Waals surface area (Å²) in [5, 5.41) is 3.05. The highest BCUT2D eigenvalue weighted by Gasteiger charge is 2.39. The van der Waals surface area contributed by atoms with Crippen molar-refractivity contribution in [1.29, 1.82) is 0 Å². The van der Waals surface area contributed by atoms with Gasteiger partial charge in [0.1, 0.15) is 5.75 Å². The van der Waals surface area contributed by atoms with Gasteiger partial charge in [0.25, 0.3) is 15.9 Å². The predicted octanol–water partition coefficient (Wildman–Crippen LogP) is 4.40. The number of hydrogen-bond acceptors (Lipinski definition) is 4. The Labute approximate surface area is 201 Å². The van der Waals surface area contributed by atoms with Crippen molar-refractivity contribution in [3.8, 4) is 5.75 Å². The zero-order valence-electron chi connectivity index (χ0n) is 19.9. The number of benzene rings is 3. The molecule has 0 spiro atoms. The fraction of sp³-hybridized carbons (Fsp3) is 0.296. The molecule has 1 amide bonds. The van der Waals surface area contributed by atoms with Crippen LogP contribution in [0.1, 0.15) is 30.5 Å². The van der Waals surface area contributed by atoms with Crippen LogP contribution in [0.3, 0.4) is 0 Å². The van der Waals surface area contributed by atoms with Crippen LogP contribution < -0.4 is 14.4 Å². The molecule has 1 N–H and O–H groups in total. The molecule has 0 saturated carbocycles. The Morgan fingerprint density at radius 3 is 2.32 bits per heavy atom. The van der Waals surface area contributed by atoms with Gasteiger partial charge in [-0.2, -0.15) is 0 Å². The zero-order valence-corrected chi connectivity index (χ0v) is 20.7.